The Hall–Kier alpha value is -2.50. The summed E-state index contributed by atoms with van der Waals surface area (Å²) in [5.41, 5.74) is 0.389. The van der Waals surface area contributed by atoms with Gasteiger partial charge in [-0.25, -0.2) is 0 Å². The maximum Gasteiger partial charge on any atom is 0.416 e. The topological polar surface area (TPSA) is 38.3 Å². The van der Waals surface area contributed by atoms with E-state index in [0.29, 0.717) is 23.6 Å². The predicted octanol–water partition coefficient (Wildman–Crippen LogP) is 4.29. The highest BCUT2D eigenvalue weighted by Gasteiger charge is 2.29. The maximum absolute atomic E-state index is 12.5. The number of alkyl halides is 3. The molecule has 0 aliphatic heterocycles. The summed E-state index contributed by atoms with van der Waals surface area (Å²) in [5.74, 6) is 0.405. The molecule has 2 rings (SSSR count). The lowest BCUT2D eigenvalue weighted by Gasteiger charge is -2.09. The number of amides is 1. The van der Waals surface area contributed by atoms with Crippen LogP contribution >= 0.6 is 0 Å². The van der Waals surface area contributed by atoms with Gasteiger partial charge >= 0.3 is 6.18 Å². The van der Waals surface area contributed by atoms with Crippen LogP contribution in [-0.4, -0.2) is 12.5 Å². The van der Waals surface area contributed by atoms with E-state index in [1.165, 1.54) is 12.1 Å². The normalized spacial score (nSPS) is 11.1. The summed E-state index contributed by atoms with van der Waals surface area (Å²) < 4.78 is 42.7. The molecule has 0 spiro atoms. The summed E-state index contributed by atoms with van der Waals surface area (Å²) in [6.07, 6.45) is -4.37. The number of ether oxygens (including phenoxy) is 1. The molecule has 0 saturated heterocycles. The van der Waals surface area contributed by atoms with E-state index >= 15 is 0 Å². The SMILES string of the molecule is CCOc1ccc(NC(=O)Cc2ccc(C(F)(F)F)cc2)cc1. The minimum Gasteiger partial charge on any atom is -0.494 e. The fraction of sp³-hybridized carbons (Fsp3) is 0.235. The Balaban J connectivity index is 1.94. The van der Waals surface area contributed by atoms with Crippen LogP contribution in [0.15, 0.2) is 48.5 Å². The number of benzene rings is 2. The Kier molecular flexibility index (Phi) is 5.26. The van der Waals surface area contributed by atoms with E-state index in [9.17, 15) is 18.0 Å². The molecule has 0 aliphatic carbocycles. The van der Waals surface area contributed by atoms with Gasteiger partial charge in [0.2, 0.25) is 5.91 Å². The van der Waals surface area contributed by atoms with E-state index in [4.69, 9.17) is 4.74 Å². The van der Waals surface area contributed by atoms with E-state index in [2.05, 4.69) is 5.32 Å². The molecule has 3 nitrogen and oxygen atoms in total. The third-order valence-corrected chi connectivity index (χ3v) is 3.10. The zero-order valence-corrected chi connectivity index (χ0v) is 12.5. The number of carbonyl (C=O) groups excluding carboxylic acids is 1. The molecule has 2 aromatic rings. The van der Waals surface area contributed by atoms with Crippen molar-refractivity contribution in [2.24, 2.45) is 0 Å². The van der Waals surface area contributed by atoms with Crippen molar-refractivity contribution in [2.45, 2.75) is 19.5 Å². The van der Waals surface area contributed by atoms with Crippen LogP contribution in [0.4, 0.5) is 18.9 Å². The average molecular weight is 323 g/mol. The van der Waals surface area contributed by atoms with Crippen LogP contribution in [0, 0.1) is 0 Å². The quantitative estimate of drug-likeness (QED) is 0.891. The van der Waals surface area contributed by atoms with Crippen molar-refractivity contribution < 1.29 is 22.7 Å². The van der Waals surface area contributed by atoms with E-state index in [0.717, 1.165) is 12.1 Å². The zero-order chi connectivity index (χ0) is 16.9. The summed E-state index contributed by atoms with van der Waals surface area (Å²) in [6.45, 7) is 2.43. The summed E-state index contributed by atoms with van der Waals surface area (Å²) in [7, 11) is 0. The van der Waals surface area contributed by atoms with Gasteiger partial charge in [0.15, 0.2) is 0 Å². The number of nitrogens with one attached hydrogen (secondary N) is 1. The minimum absolute atomic E-state index is 0.00531. The van der Waals surface area contributed by atoms with Gasteiger partial charge in [-0.1, -0.05) is 12.1 Å². The first-order valence-corrected chi connectivity index (χ1v) is 7.07. The van der Waals surface area contributed by atoms with E-state index in [1.807, 2.05) is 6.92 Å². The smallest absolute Gasteiger partial charge is 0.416 e. The predicted molar refractivity (Wildman–Crippen MR) is 81.4 cm³/mol. The molecular formula is C17H16F3NO2. The molecule has 0 heterocycles. The highest BCUT2D eigenvalue weighted by molar-refractivity contribution is 5.92. The van der Waals surface area contributed by atoms with Crippen LogP contribution < -0.4 is 10.1 Å². The van der Waals surface area contributed by atoms with Crippen LogP contribution in [-0.2, 0) is 17.4 Å². The molecule has 23 heavy (non-hydrogen) atoms. The fourth-order valence-corrected chi connectivity index (χ4v) is 2.00. The van der Waals surface area contributed by atoms with Gasteiger partial charge < -0.3 is 10.1 Å². The fourth-order valence-electron chi connectivity index (χ4n) is 2.00. The Labute approximate surface area is 132 Å². The highest BCUT2D eigenvalue weighted by Crippen LogP contribution is 2.29. The number of rotatable bonds is 5. The Bertz CT molecular complexity index is 649. The molecule has 0 aliphatic rings. The summed E-state index contributed by atoms with van der Waals surface area (Å²) in [4.78, 5) is 11.9. The molecule has 0 bridgehead atoms. The molecule has 2 aromatic carbocycles. The van der Waals surface area contributed by atoms with Gasteiger partial charge in [0, 0.05) is 5.69 Å². The van der Waals surface area contributed by atoms with Gasteiger partial charge in [-0.3, -0.25) is 4.79 Å². The van der Waals surface area contributed by atoms with Gasteiger partial charge in [0.1, 0.15) is 5.75 Å². The molecule has 122 valence electrons. The summed E-state index contributed by atoms with van der Waals surface area (Å²) >= 11 is 0. The zero-order valence-electron chi connectivity index (χ0n) is 12.5. The number of halogens is 3. The largest absolute Gasteiger partial charge is 0.494 e. The average Bonchev–Trinajstić information content (AvgIpc) is 2.49. The van der Waals surface area contributed by atoms with Crippen molar-refractivity contribution in [3.63, 3.8) is 0 Å². The summed E-state index contributed by atoms with van der Waals surface area (Å²) in [6, 6.07) is 11.4. The van der Waals surface area contributed by atoms with Crippen LogP contribution in [0.3, 0.4) is 0 Å². The number of carbonyl (C=O) groups is 1. The van der Waals surface area contributed by atoms with Crippen molar-refractivity contribution in [1.82, 2.24) is 0 Å². The van der Waals surface area contributed by atoms with Crippen LogP contribution in [0.25, 0.3) is 0 Å². The molecule has 0 fully saturated rings. The molecule has 0 atom stereocenters. The van der Waals surface area contributed by atoms with E-state index in [1.54, 1.807) is 24.3 Å². The van der Waals surface area contributed by atoms with Gasteiger partial charge in [0.05, 0.1) is 18.6 Å². The lowest BCUT2D eigenvalue weighted by atomic mass is 10.1. The standard InChI is InChI=1S/C17H16F3NO2/c1-2-23-15-9-7-14(8-10-15)21-16(22)11-12-3-5-13(6-4-12)17(18,19)20/h3-10H,2,11H2,1H3,(H,21,22). The molecular weight excluding hydrogens is 307 g/mol. The third kappa shape index (κ3) is 5.02. The molecule has 0 saturated carbocycles. The molecule has 0 radical (unpaired) electrons. The second-order valence-corrected chi connectivity index (χ2v) is 4.88. The first kappa shape index (κ1) is 16.9. The van der Waals surface area contributed by atoms with Crippen LogP contribution in [0.5, 0.6) is 5.75 Å². The van der Waals surface area contributed by atoms with Crippen molar-refractivity contribution in [2.75, 3.05) is 11.9 Å². The second-order valence-electron chi connectivity index (χ2n) is 4.88. The van der Waals surface area contributed by atoms with Crippen molar-refractivity contribution in [3.8, 4) is 5.75 Å². The number of hydrogen-bond acceptors (Lipinski definition) is 2. The van der Waals surface area contributed by atoms with Gasteiger partial charge in [0.25, 0.3) is 0 Å². The lowest BCUT2D eigenvalue weighted by Crippen LogP contribution is -2.14. The Morgan fingerprint density at radius 2 is 1.65 bits per heavy atom. The van der Waals surface area contributed by atoms with Crippen LogP contribution in [0.2, 0.25) is 0 Å². The molecule has 1 N–H and O–H groups in total. The van der Waals surface area contributed by atoms with Gasteiger partial charge in [-0.05, 0) is 48.9 Å². The minimum atomic E-state index is -4.37. The molecule has 0 aromatic heterocycles. The first-order chi connectivity index (χ1) is 10.9. The summed E-state index contributed by atoms with van der Waals surface area (Å²) in [5, 5.41) is 2.69. The molecule has 0 unspecified atom stereocenters. The van der Waals surface area contributed by atoms with E-state index in [-0.39, 0.29) is 12.3 Å². The number of anilines is 1. The second kappa shape index (κ2) is 7.17. The van der Waals surface area contributed by atoms with Crippen molar-refractivity contribution >= 4 is 11.6 Å². The van der Waals surface area contributed by atoms with Gasteiger partial charge in [-0.15, -0.1) is 0 Å². The number of hydrogen-bond donors (Lipinski definition) is 1. The monoisotopic (exact) mass is 323 g/mol. The Morgan fingerprint density at radius 1 is 1.04 bits per heavy atom. The lowest BCUT2D eigenvalue weighted by molar-refractivity contribution is -0.137. The molecule has 1 amide bonds. The van der Waals surface area contributed by atoms with Gasteiger partial charge in [-0.2, -0.15) is 13.2 Å². The van der Waals surface area contributed by atoms with E-state index < -0.39 is 11.7 Å². The molecule has 6 heteroatoms. The third-order valence-electron chi connectivity index (χ3n) is 3.10. The van der Waals surface area contributed by atoms with Crippen LogP contribution in [0.1, 0.15) is 18.1 Å². The first-order valence-electron chi connectivity index (χ1n) is 7.07. The maximum atomic E-state index is 12.5. The highest BCUT2D eigenvalue weighted by atomic mass is 19.4. The van der Waals surface area contributed by atoms with Crippen molar-refractivity contribution in [1.29, 1.82) is 0 Å². The Morgan fingerprint density at radius 3 is 2.17 bits per heavy atom. The van der Waals surface area contributed by atoms with Crippen molar-refractivity contribution in [3.05, 3.63) is 59.7 Å².